The number of alkyl halides is 3. The van der Waals surface area contributed by atoms with Crippen LogP contribution < -0.4 is 10.6 Å². The molecule has 1 aromatic heterocycles. The van der Waals surface area contributed by atoms with E-state index in [2.05, 4.69) is 15.7 Å². The number of rotatable bonds is 4. The van der Waals surface area contributed by atoms with Crippen LogP contribution in [0.15, 0.2) is 48.5 Å². The van der Waals surface area contributed by atoms with Gasteiger partial charge in [-0.25, -0.2) is 4.39 Å². The lowest BCUT2D eigenvalue weighted by Crippen LogP contribution is -2.16. The van der Waals surface area contributed by atoms with E-state index >= 15 is 0 Å². The van der Waals surface area contributed by atoms with Crippen molar-refractivity contribution in [1.29, 1.82) is 0 Å². The summed E-state index contributed by atoms with van der Waals surface area (Å²) in [4.78, 5) is 12.6. The van der Waals surface area contributed by atoms with Gasteiger partial charge in [0.25, 0.3) is 5.91 Å². The van der Waals surface area contributed by atoms with E-state index in [1.54, 1.807) is 18.2 Å². The number of carbonyl (C=O) groups excluding carboxylic acids is 1. The molecule has 0 fully saturated rings. The Morgan fingerprint density at radius 3 is 2.46 bits per heavy atom. The van der Waals surface area contributed by atoms with E-state index in [1.165, 1.54) is 25.2 Å². The molecule has 146 valence electrons. The minimum absolute atomic E-state index is 0.108. The smallest absolute Gasteiger partial charge is 0.354 e. The third kappa shape index (κ3) is 4.25. The number of benzene rings is 2. The highest BCUT2D eigenvalue weighted by Crippen LogP contribution is 2.31. The second-order valence-electron chi connectivity index (χ2n) is 5.79. The Hall–Kier alpha value is -3.07. The summed E-state index contributed by atoms with van der Waals surface area (Å²) in [5.41, 5.74) is -0.262. The standard InChI is InChI=1S/C18H13ClF4N4O/c1-27-16(9-15(26-27)18(21,22)23)25-17(28)11-4-2-3-5-13(11)24-14-7-6-10(20)8-12(14)19/h2-9,24H,1H3,(H,25,28). The Kier molecular flexibility index (Phi) is 5.28. The number of aryl methyl sites for hydroxylation is 1. The monoisotopic (exact) mass is 412 g/mol. The fourth-order valence-corrected chi connectivity index (χ4v) is 2.65. The maximum atomic E-state index is 13.2. The van der Waals surface area contributed by atoms with Gasteiger partial charge >= 0.3 is 6.18 Å². The molecule has 28 heavy (non-hydrogen) atoms. The van der Waals surface area contributed by atoms with Gasteiger partial charge in [0.05, 0.1) is 22.0 Å². The van der Waals surface area contributed by atoms with Crippen LogP contribution in [0.5, 0.6) is 0 Å². The highest BCUT2D eigenvalue weighted by atomic mass is 35.5. The summed E-state index contributed by atoms with van der Waals surface area (Å²) in [6, 6.07) is 10.8. The lowest BCUT2D eigenvalue weighted by atomic mass is 10.1. The predicted octanol–water partition coefficient (Wildman–Crippen LogP) is 5.23. The SMILES string of the molecule is Cn1nc(C(F)(F)F)cc1NC(=O)c1ccccc1Nc1ccc(F)cc1Cl. The molecule has 10 heteroatoms. The van der Waals surface area contributed by atoms with Crippen molar-refractivity contribution in [3.63, 3.8) is 0 Å². The fourth-order valence-electron chi connectivity index (χ4n) is 2.43. The zero-order chi connectivity index (χ0) is 20.5. The van der Waals surface area contributed by atoms with Gasteiger partial charge in [0.1, 0.15) is 11.6 Å². The molecule has 1 amide bonds. The van der Waals surface area contributed by atoms with Gasteiger partial charge in [-0.05, 0) is 30.3 Å². The number of hydrogen-bond acceptors (Lipinski definition) is 3. The number of amides is 1. The topological polar surface area (TPSA) is 59.0 Å². The molecule has 3 aromatic rings. The van der Waals surface area contributed by atoms with Crippen LogP contribution in [0, 0.1) is 5.82 Å². The maximum absolute atomic E-state index is 13.2. The van der Waals surface area contributed by atoms with Gasteiger partial charge in [-0.2, -0.15) is 18.3 Å². The van der Waals surface area contributed by atoms with Crippen LogP contribution in [0.25, 0.3) is 0 Å². The molecular formula is C18H13ClF4N4O. The quantitative estimate of drug-likeness (QED) is 0.577. The summed E-state index contributed by atoms with van der Waals surface area (Å²) in [6.07, 6.45) is -4.63. The summed E-state index contributed by atoms with van der Waals surface area (Å²) in [5.74, 6) is -1.29. The molecule has 2 N–H and O–H groups in total. The summed E-state index contributed by atoms with van der Waals surface area (Å²) in [6.45, 7) is 0. The van der Waals surface area contributed by atoms with Crippen LogP contribution in [0.1, 0.15) is 16.1 Å². The number of hydrogen-bond donors (Lipinski definition) is 2. The lowest BCUT2D eigenvalue weighted by Gasteiger charge is -2.13. The fraction of sp³-hybridized carbons (Fsp3) is 0.111. The first-order chi connectivity index (χ1) is 13.1. The molecule has 0 aliphatic rings. The third-order valence-corrected chi connectivity index (χ3v) is 4.10. The molecular weight excluding hydrogens is 400 g/mol. The Labute approximate surface area is 161 Å². The Bertz CT molecular complexity index is 1030. The van der Waals surface area contributed by atoms with E-state index in [0.717, 1.165) is 16.8 Å². The van der Waals surface area contributed by atoms with Crippen LogP contribution in [-0.4, -0.2) is 15.7 Å². The number of nitrogens with one attached hydrogen (secondary N) is 2. The average Bonchev–Trinajstić information content (AvgIpc) is 2.99. The van der Waals surface area contributed by atoms with Crippen molar-refractivity contribution < 1.29 is 22.4 Å². The molecule has 0 saturated heterocycles. The van der Waals surface area contributed by atoms with Crippen LogP contribution in [0.4, 0.5) is 34.8 Å². The number of para-hydroxylation sites is 1. The van der Waals surface area contributed by atoms with E-state index < -0.39 is 23.6 Å². The normalized spacial score (nSPS) is 11.4. The van der Waals surface area contributed by atoms with Crippen molar-refractivity contribution in [3.8, 4) is 0 Å². The van der Waals surface area contributed by atoms with Gasteiger partial charge in [0, 0.05) is 13.1 Å². The van der Waals surface area contributed by atoms with E-state index in [0.29, 0.717) is 11.4 Å². The van der Waals surface area contributed by atoms with E-state index in [4.69, 9.17) is 11.6 Å². The molecule has 0 spiro atoms. The van der Waals surface area contributed by atoms with Crippen LogP contribution in [0.3, 0.4) is 0 Å². The van der Waals surface area contributed by atoms with Crippen molar-refractivity contribution in [2.24, 2.45) is 7.05 Å². The molecule has 1 heterocycles. The first-order valence-corrected chi connectivity index (χ1v) is 8.26. The van der Waals surface area contributed by atoms with E-state index in [-0.39, 0.29) is 16.4 Å². The molecule has 0 saturated carbocycles. The number of nitrogens with zero attached hydrogens (tertiary/aromatic N) is 2. The number of anilines is 3. The lowest BCUT2D eigenvalue weighted by molar-refractivity contribution is -0.141. The van der Waals surface area contributed by atoms with Crippen molar-refractivity contribution in [3.05, 3.63) is 70.6 Å². The molecule has 0 atom stereocenters. The second-order valence-corrected chi connectivity index (χ2v) is 6.19. The first kappa shape index (κ1) is 19.7. The van der Waals surface area contributed by atoms with E-state index in [9.17, 15) is 22.4 Å². The minimum Gasteiger partial charge on any atom is -0.354 e. The van der Waals surface area contributed by atoms with Crippen molar-refractivity contribution >= 4 is 34.7 Å². The molecule has 0 bridgehead atoms. The van der Waals surface area contributed by atoms with Gasteiger partial charge in [-0.1, -0.05) is 23.7 Å². The Morgan fingerprint density at radius 2 is 1.82 bits per heavy atom. The van der Waals surface area contributed by atoms with E-state index in [1.807, 2.05) is 0 Å². The molecule has 0 radical (unpaired) electrons. The summed E-state index contributed by atoms with van der Waals surface area (Å²) >= 11 is 5.99. The number of carbonyl (C=O) groups is 1. The Balaban J connectivity index is 1.86. The average molecular weight is 413 g/mol. The Morgan fingerprint density at radius 1 is 1.11 bits per heavy atom. The van der Waals surface area contributed by atoms with Crippen LogP contribution in [-0.2, 0) is 13.2 Å². The van der Waals surface area contributed by atoms with Crippen molar-refractivity contribution in [2.75, 3.05) is 10.6 Å². The van der Waals surface area contributed by atoms with Gasteiger partial charge < -0.3 is 10.6 Å². The van der Waals surface area contributed by atoms with Crippen molar-refractivity contribution in [2.45, 2.75) is 6.18 Å². The third-order valence-electron chi connectivity index (χ3n) is 3.78. The highest BCUT2D eigenvalue weighted by Gasteiger charge is 2.34. The van der Waals surface area contributed by atoms with Gasteiger partial charge in [0.2, 0.25) is 0 Å². The number of halogens is 5. The van der Waals surface area contributed by atoms with Crippen LogP contribution in [0.2, 0.25) is 5.02 Å². The second kappa shape index (κ2) is 7.51. The highest BCUT2D eigenvalue weighted by molar-refractivity contribution is 6.33. The van der Waals surface area contributed by atoms with Crippen LogP contribution >= 0.6 is 11.6 Å². The van der Waals surface area contributed by atoms with Gasteiger partial charge in [-0.15, -0.1) is 0 Å². The number of aromatic nitrogens is 2. The van der Waals surface area contributed by atoms with Gasteiger partial charge in [-0.3, -0.25) is 9.48 Å². The van der Waals surface area contributed by atoms with Gasteiger partial charge in [0.15, 0.2) is 5.69 Å². The zero-order valence-electron chi connectivity index (χ0n) is 14.3. The largest absolute Gasteiger partial charge is 0.435 e. The molecule has 5 nitrogen and oxygen atoms in total. The predicted molar refractivity (Wildman–Crippen MR) is 97.3 cm³/mol. The zero-order valence-corrected chi connectivity index (χ0v) is 15.1. The molecule has 0 aliphatic heterocycles. The molecule has 2 aromatic carbocycles. The molecule has 3 rings (SSSR count). The molecule has 0 unspecified atom stereocenters. The molecule has 0 aliphatic carbocycles. The summed E-state index contributed by atoms with van der Waals surface area (Å²) in [7, 11) is 1.29. The summed E-state index contributed by atoms with van der Waals surface area (Å²) < 4.78 is 52.4. The van der Waals surface area contributed by atoms with Crippen molar-refractivity contribution in [1.82, 2.24) is 9.78 Å². The summed E-state index contributed by atoms with van der Waals surface area (Å²) in [5, 5.41) is 8.77. The maximum Gasteiger partial charge on any atom is 0.435 e. The minimum atomic E-state index is -4.63. The first-order valence-electron chi connectivity index (χ1n) is 7.89.